The highest BCUT2D eigenvalue weighted by atomic mass is 16.5. The van der Waals surface area contributed by atoms with Crippen LogP contribution in [-0.4, -0.2) is 32.3 Å². The van der Waals surface area contributed by atoms with Crippen molar-refractivity contribution >= 4 is 11.9 Å². The summed E-state index contributed by atoms with van der Waals surface area (Å²) in [7, 11) is 3.38. The number of hydrogen-bond donors (Lipinski definition) is 1. The zero-order chi connectivity index (χ0) is 34.5. The molecule has 5 aliphatic carbocycles. The van der Waals surface area contributed by atoms with E-state index >= 15 is 0 Å². The van der Waals surface area contributed by atoms with E-state index in [1.165, 1.54) is 33.3 Å². The number of methoxy groups -OCH3 is 2. The van der Waals surface area contributed by atoms with Gasteiger partial charge in [0.2, 0.25) is 0 Å². The Bertz CT molecular complexity index is 1420. The molecule has 4 saturated carbocycles. The smallest absolute Gasteiger partial charge is 0.336 e. The maximum Gasteiger partial charge on any atom is 0.336 e. The van der Waals surface area contributed by atoms with Crippen molar-refractivity contribution in [3.05, 3.63) is 34.4 Å². The molecule has 0 bridgehead atoms. The van der Waals surface area contributed by atoms with Crippen molar-refractivity contribution in [2.45, 2.75) is 133 Å². The van der Waals surface area contributed by atoms with E-state index in [9.17, 15) is 9.59 Å². The van der Waals surface area contributed by atoms with Crippen molar-refractivity contribution in [3.8, 4) is 0 Å². The molecule has 11 atom stereocenters. The van der Waals surface area contributed by atoms with Crippen molar-refractivity contribution in [1.29, 1.82) is 0 Å². The second kappa shape index (κ2) is 11.5. The van der Waals surface area contributed by atoms with Crippen LogP contribution in [-0.2, 0) is 23.8 Å². The van der Waals surface area contributed by atoms with Gasteiger partial charge >= 0.3 is 11.9 Å². The first-order valence-corrected chi connectivity index (χ1v) is 18.6. The Kier molecular flexibility index (Phi) is 8.50. The van der Waals surface area contributed by atoms with Crippen LogP contribution in [0.25, 0.3) is 0 Å². The number of esters is 2. The molecule has 0 aromatic heterocycles. The molecule has 4 fully saturated rings. The van der Waals surface area contributed by atoms with Crippen LogP contribution >= 0.6 is 0 Å². The van der Waals surface area contributed by atoms with E-state index in [-0.39, 0.29) is 50.8 Å². The third-order valence-corrected chi connectivity index (χ3v) is 16.2. The minimum Gasteiger partial charge on any atom is -0.466 e. The molecule has 1 N–H and O–H groups in total. The van der Waals surface area contributed by atoms with Crippen molar-refractivity contribution in [1.82, 2.24) is 5.32 Å². The molecular weight excluding hydrogens is 586 g/mol. The van der Waals surface area contributed by atoms with Crippen LogP contribution in [0.2, 0.25) is 0 Å². The molecule has 0 aromatic carbocycles. The van der Waals surface area contributed by atoms with Crippen LogP contribution in [0.3, 0.4) is 0 Å². The molecule has 0 spiro atoms. The van der Waals surface area contributed by atoms with Gasteiger partial charge in [0.15, 0.2) is 0 Å². The number of fused-ring (bicyclic) bond motifs is 7. The maximum atomic E-state index is 13.7. The van der Waals surface area contributed by atoms with Crippen LogP contribution in [0.4, 0.5) is 0 Å². The number of hydrogen-bond acceptors (Lipinski definition) is 6. The summed E-state index contributed by atoms with van der Waals surface area (Å²) in [6.07, 6.45) is 13.2. The third kappa shape index (κ3) is 4.64. The lowest BCUT2D eigenvalue weighted by atomic mass is 9.32. The minimum absolute atomic E-state index is 0.0586. The predicted octanol–water partition coefficient (Wildman–Crippen LogP) is 9.12. The quantitative estimate of drug-likeness (QED) is 0.242. The zero-order valence-electron chi connectivity index (χ0n) is 31.5. The number of dihydropyridines is 1. The number of allylic oxidation sites excluding steroid dienone is 5. The Labute approximate surface area is 284 Å². The summed E-state index contributed by atoms with van der Waals surface area (Å²) in [5, 5.41) is 3.39. The fourth-order valence-corrected chi connectivity index (χ4v) is 13.6. The third-order valence-electron chi connectivity index (χ3n) is 16.2. The van der Waals surface area contributed by atoms with Crippen LogP contribution in [0.15, 0.2) is 34.4 Å². The first-order valence-electron chi connectivity index (χ1n) is 18.6. The van der Waals surface area contributed by atoms with E-state index in [2.05, 4.69) is 59.9 Å². The van der Waals surface area contributed by atoms with Gasteiger partial charge in [0, 0.05) is 19.7 Å². The molecule has 6 aliphatic rings. The molecule has 6 rings (SSSR count). The Balaban J connectivity index is 1.51. The van der Waals surface area contributed by atoms with Crippen molar-refractivity contribution in [2.75, 3.05) is 14.2 Å². The van der Waals surface area contributed by atoms with Crippen molar-refractivity contribution in [3.63, 3.8) is 0 Å². The Morgan fingerprint density at radius 1 is 0.872 bits per heavy atom. The highest BCUT2D eigenvalue weighted by Crippen LogP contribution is 2.77. The van der Waals surface area contributed by atoms with E-state index in [0.717, 1.165) is 49.9 Å². The molecule has 47 heavy (non-hydrogen) atoms. The number of rotatable bonds is 4. The van der Waals surface area contributed by atoms with Crippen LogP contribution < -0.4 is 5.32 Å². The van der Waals surface area contributed by atoms with E-state index in [4.69, 9.17) is 14.2 Å². The molecule has 0 radical (unpaired) electrons. The monoisotopic (exact) mass is 649 g/mol. The molecule has 6 heteroatoms. The topological polar surface area (TPSA) is 73.9 Å². The summed E-state index contributed by atoms with van der Waals surface area (Å²) in [6, 6.07) is 0. The summed E-state index contributed by atoms with van der Waals surface area (Å²) in [4.78, 5) is 26.4. The molecule has 0 saturated heterocycles. The van der Waals surface area contributed by atoms with Gasteiger partial charge < -0.3 is 19.5 Å². The average molecular weight is 650 g/mol. The number of nitrogens with one attached hydrogen (secondary N) is 1. The van der Waals surface area contributed by atoms with Gasteiger partial charge in [-0.15, -0.1) is 0 Å². The average Bonchev–Trinajstić information content (AvgIpc) is 2.99. The summed E-state index contributed by atoms with van der Waals surface area (Å²) in [5.41, 5.74) is 4.32. The van der Waals surface area contributed by atoms with Crippen LogP contribution in [0.1, 0.15) is 127 Å². The van der Waals surface area contributed by atoms with Gasteiger partial charge in [-0.3, -0.25) is 4.79 Å². The Morgan fingerprint density at radius 3 is 2.21 bits per heavy atom. The molecule has 6 nitrogen and oxygen atoms in total. The number of carbonyl (C=O) groups excluding carboxylic acids is 2. The molecule has 0 amide bonds. The van der Waals surface area contributed by atoms with Gasteiger partial charge in [0.1, 0.15) is 5.76 Å². The van der Waals surface area contributed by atoms with Gasteiger partial charge in [-0.05, 0) is 128 Å². The second-order valence-corrected chi connectivity index (χ2v) is 18.1. The first-order chi connectivity index (χ1) is 21.9. The fraction of sp³-hybridized carbons (Fsp3) is 0.805. The van der Waals surface area contributed by atoms with Gasteiger partial charge in [-0.2, -0.15) is 0 Å². The maximum absolute atomic E-state index is 13.7. The number of ether oxygens (including phenoxy) is 3. The van der Waals surface area contributed by atoms with Gasteiger partial charge in [0.05, 0.1) is 30.4 Å². The summed E-state index contributed by atoms with van der Waals surface area (Å²) >= 11 is 0. The Hall–Kier alpha value is -2.08. The Morgan fingerprint density at radius 2 is 1.57 bits per heavy atom. The predicted molar refractivity (Wildman–Crippen MR) is 186 cm³/mol. The van der Waals surface area contributed by atoms with E-state index in [0.29, 0.717) is 41.1 Å². The standard InChI is InChI=1S/C41H63NO5/c1-23-15-20-41(34-32(36(44)46-12)25(3)42-26(4)35(34)47-27(5)43)22-21-39(9)28(33(41)24(23)2)13-14-30-38(8)18-17-31(45-11)37(6,7)29(38)16-19-40(30,39)10/h13,23-24,29-31,33-34,42H,14-22H2,1-12H3/t23-,24+,29?,30-,31+,33+,34?,38+,39-,40-,41+/m1/s1. The second-order valence-electron chi connectivity index (χ2n) is 18.1. The van der Waals surface area contributed by atoms with Gasteiger partial charge in [0.25, 0.3) is 0 Å². The summed E-state index contributed by atoms with van der Waals surface area (Å²) in [5.74, 6) is 2.16. The van der Waals surface area contributed by atoms with Crippen LogP contribution in [0.5, 0.6) is 0 Å². The van der Waals surface area contributed by atoms with Gasteiger partial charge in [-0.25, -0.2) is 4.79 Å². The zero-order valence-corrected chi connectivity index (χ0v) is 31.5. The number of carbonyl (C=O) groups is 2. The molecule has 1 heterocycles. The summed E-state index contributed by atoms with van der Waals surface area (Å²) < 4.78 is 17.7. The van der Waals surface area contributed by atoms with Crippen molar-refractivity contribution in [2.24, 2.45) is 62.6 Å². The van der Waals surface area contributed by atoms with Crippen LogP contribution in [0, 0.1) is 62.6 Å². The highest BCUT2D eigenvalue weighted by molar-refractivity contribution is 5.91. The minimum atomic E-state index is -0.343. The lowest BCUT2D eigenvalue weighted by Crippen LogP contribution is -2.65. The normalized spacial score (nSPS) is 45.8. The molecule has 2 unspecified atom stereocenters. The fourth-order valence-electron chi connectivity index (χ4n) is 13.6. The molecule has 262 valence electrons. The lowest BCUT2D eigenvalue weighted by Gasteiger charge is -2.72. The lowest BCUT2D eigenvalue weighted by molar-refractivity contribution is -0.210. The van der Waals surface area contributed by atoms with Gasteiger partial charge in [-0.1, -0.05) is 60.1 Å². The first kappa shape index (κ1) is 34.8. The summed E-state index contributed by atoms with van der Waals surface area (Å²) in [6.45, 7) is 23.2. The molecule has 1 aliphatic heterocycles. The SMILES string of the molecule is COC(=O)C1=C(C)NC(C)=C(OC(C)=O)C1[C@]12CC[C@@H](C)[C@H](C)[C@H]1C1=CC[C@@H]3[C@@]4(C)CC[C@H](OC)C(C)(C)C4CC[C@@]3(C)[C@]1(C)CC2. The van der Waals surface area contributed by atoms with E-state index in [1.807, 2.05) is 21.0 Å². The highest BCUT2D eigenvalue weighted by Gasteiger charge is 2.70. The largest absolute Gasteiger partial charge is 0.466 e. The molecule has 0 aromatic rings. The molecular formula is C41H63NO5. The van der Waals surface area contributed by atoms with Crippen molar-refractivity contribution < 1.29 is 23.8 Å². The van der Waals surface area contributed by atoms with E-state index in [1.54, 1.807) is 5.57 Å². The van der Waals surface area contributed by atoms with E-state index < -0.39 is 0 Å².